The van der Waals surface area contributed by atoms with Crippen molar-refractivity contribution in [3.63, 3.8) is 0 Å². The summed E-state index contributed by atoms with van der Waals surface area (Å²) in [5.74, 6) is 0.136. The molecule has 5 nitrogen and oxygen atoms in total. The van der Waals surface area contributed by atoms with Crippen LogP contribution in [-0.2, 0) is 9.59 Å². The van der Waals surface area contributed by atoms with Crippen molar-refractivity contribution in [3.05, 3.63) is 0 Å². The minimum absolute atomic E-state index is 0.0275. The van der Waals surface area contributed by atoms with Gasteiger partial charge in [-0.3, -0.25) is 14.5 Å². The fourth-order valence-electron chi connectivity index (χ4n) is 3.05. The molecule has 0 spiro atoms. The van der Waals surface area contributed by atoms with Crippen molar-refractivity contribution in [2.45, 2.75) is 58.5 Å². The number of nitrogens with one attached hydrogen (secondary N) is 2. The summed E-state index contributed by atoms with van der Waals surface area (Å²) in [6.45, 7) is 7.83. The molecule has 1 aliphatic rings. The van der Waals surface area contributed by atoms with Crippen LogP contribution >= 0.6 is 0 Å². The SMILES string of the molecule is CNCCC1CCCCN1CC(=O)NC(C(C)=O)C(C)C. The molecule has 1 aliphatic heterocycles. The average molecular weight is 297 g/mol. The highest BCUT2D eigenvalue weighted by Gasteiger charge is 2.26. The number of hydrogen-bond donors (Lipinski definition) is 2. The van der Waals surface area contributed by atoms with E-state index >= 15 is 0 Å². The molecular weight excluding hydrogens is 266 g/mol. The van der Waals surface area contributed by atoms with Crippen molar-refractivity contribution in [1.82, 2.24) is 15.5 Å². The van der Waals surface area contributed by atoms with Gasteiger partial charge in [0.1, 0.15) is 0 Å². The molecule has 21 heavy (non-hydrogen) atoms. The number of likely N-dealkylation sites (tertiary alicyclic amines) is 1. The van der Waals surface area contributed by atoms with Crippen LogP contribution in [0.1, 0.15) is 46.5 Å². The van der Waals surface area contributed by atoms with E-state index in [1.54, 1.807) is 6.92 Å². The lowest BCUT2D eigenvalue weighted by molar-refractivity contribution is -0.129. The number of carbonyl (C=O) groups excluding carboxylic acids is 2. The van der Waals surface area contributed by atoms with Crippen LogP contribution in [0.25, 0.3) is 0 Å². The molecule has 0 aromatic carbocycles. The number of ketones is 1. The molecule has 1 amide bonds. The van der Waals surface area contributed by atoms with E-state index in [9.17, 15) is 9.59 Å². The maximum Gasteiger partial charge on any atom is 0.234 e. The van der Waals surface area contributed by atoms with E-state index < -0.39 is 0 Å². The predicted octanol–water partition coefficient (Wildman–Crippen LogP) is 1.18. The van der Waals surface area contributed by atoms with E-state index in [1.165, 1.54) is 6.42 Å². The van der Waals surface area contributed by atoms with E-state index in [1.807, 2.05) is 20.9 Å². The molecule has 1 rings (SSSR count). The highest BCUT2D eigenvalue weighted by molar-refractivity contribution is 5.88. The van der Waals surface area contributed by atoms with Gasteiger partial charge in [-0.2, -0.15) is 0 Å². The summed E-state index contributed by atoms with van der Waals surface area (Å²) >= 11 is 0. The van der Waals surface area contributed by atoms with Crippen molar-refractivity contribution in [2.75, 3.05) is 26.7 Å². The van der Waals surface area contributed by atoms with Crippen LogP contribution in [0, 0.1) is 5.92 Å². The second kappa shape index (κ2) is 9.15. The number of carbonyl (C=O) groups is 2. The largest absolute Gasteiger partial charge is 0.345 e. The highest BCUT2D eigenvalue weighted by atomic mass is 16.2. The Bertz CT molecular complexity index is 344. The Labute approximate surface area is 128 Å². The molecule has 1 heterocycles. The molecule has 0 radical (unpaired) electrons. The lowest BCUT2D eigenvalue weighted by Crippen LogP contribution is -2.50. The van der Waals surface area contributed by atoms with Gasteiger partial charge in [-0.05, 0) is 52.2 Å². The summed E-state index contributed by atoms with van der Waals surface area (Å²) in [7, 11) is 1.96. The summed E-state index contributed by atoms with van der Waals surface area (Å²) < 4.78 is 0. The van der Waals surface area contributed by atoms with Gasteiger partial charge in [0, 0.05) is 6.04 Å². The fourth-order valence-corrected chi connectivity index (χ4v) is 3.05. The lowest BCUT2D eigenvalue weighted by atomic mass is 9.98. The van der Waals surface area contributed by atoms with Gasteiger partial charge in [0.2, 0.25) is 5.91 Å². The summed E-state index contributed by atoms with van der Waals surface area (Å²) in [6.07, 6.45) is 4.64. The van der Waals surface area contributed by atoms with Gasteiger partial charge in [0.25, 0.3) is 0 Å². The first-order chi connectivity index (χ1) is 9.95. The molecular formula is C16H31N3O2. The van der Waals surface area contributed by atoms with Gasteiger partial charge in [0.15, 0.2) is 5.78 Å². The molecule has 0 aromatic heterocycles. The van der Waals surface area contributed by atoms with Gasteiger partial charge < -0.3 is 10.6 Å². The molecule has 1 saturated heterocycles. The molecule has 2 N–H and O–H groups in total. The minimum atomic E-state index is -0.363. The third-order valence-corrected chi connectivity index (χ3v) is 4.24. The maximum atomic E-state index is 12.2. The normalized spacial score (nSPS) is 21.3. The van der Waals surface area contributed by atoms with Crippen molar-refractivity contribution in [3.8, 4) is 0 Å². The van der Waals surface area contributed by atoms with Crippen LogP contribution in [0.15, 0.2) is 0 Å². The number of hydrogen-bond acceptors (Lipinski definition) is 4. The Morgan fingerprint density at radius 2 is 2.00 bits per heavy atom. The van der Waals surface area contributed by atoms with E-state index in [2.05, 4.69) is 15.5 Å². The predicted molar refractivity (Wildman–Crippen MR) is 85.2 cm³/mol. The lowest BCUT2D eigenvalue weighted by Gasteiger charge is -2.35. The van der Waals surface area contributed by atoms with Crippen LogP contribution < -0.4 is 10.6 Å². The number of amides is 1. The Balaban J connectivity index is 2.52. The van der Waals surface area contributed by atoms with Gasteiger partial charge in [0.05, 0.1) is 12.6 Å². The standard InChI is InChI=1S/C16H31N3O2/c1-12(2)16(13(3)20)18-15(21)11-19-10-6-5-7-14(19)8-9-17-4/h12,14,16-17H,5-11H2,1-4H3,(H,18,21). The summed E-state index contributed by atoms with van der Waals surface area (Å²) in [6, 6.07) is 0.116. The highest BCUT2D eigenvalue weighted by Crippen LogP contribution is 2.19. The fraction of sp³-hybridized carbons (Fsp3) is 0.875. The topological polar surface area (TPSA) is 61.4 Å². The molecule has 2 atom stereocenters. The zero-order valence-electron chi connectivity index (χ0n) is 13.9. The van der Waals surface area contributed by atoms with Crippen molar-refractivity contribution < 1.29 is 9.59 Å². The molecule has 2 unspecified atom stereocenters. The van der Waals surface area contributed by atoms with E-state index in [4.69, 9.17) is 0 Å². The van der Waals surface area contributed by atoms with Crippen LogP contribution in [0.2, 0.25) is 0 Å². The monoisotopic (exact) mass is 297 g/mol. The smallest absolute Gasteiger partial charge is 0.234 e. The summed E-state index contributed by atoms with van der Waals surface area (Å²) in [5.41, 5.74) is 0. The number of nitrogens with zero attached hydrogens (tertiary/aromatic N) is 1. The first-order valence-electron chi connectivity index (χ1n) is 8.14. The van der Waals surface area contributed by atoms with Gasteiger partial charge >= 0.3 is 0 Å². The van der Waals surface area contributed by atoms with Crippen molar-refractivity contribution in [2.24, 2.45) is 5.92 Å². The zero-order chi connectivity index (χ0) is 15.8. The van der Waals surface area contributed by atoms with Crippen molar-refractivity contribution >= 4 is 11.7 Å². The Morgan fingerprint density at radius 1 is 1.29 bits per heavy atom. The van der Waals surface area contributed by atoms with Crippen LogP contribution in [0.5, 0.6) is 0 Å². The second-order valence-electron chi connectivity index (χ2n) is 6.41. The van der Waals surface area contributed by atoms with Gasteiger partial charge in [-0.25, -0.2) is 0 Å². The number of piperidine rings is 1. The molecule has 0 saturated carbocycles. The summed E-state index contributed by atoms with van der Waals surface area (Å²) in [4.78, 5) is 26.1. The quantitative estimate of drug-likeness (QED) is 0.706. The van der Waals surface area contributed by atoms with E-state index in [0.717, 1.165) is 32.4 Å². The molecule has 5 heteroatoms. The minimum Gasteiger partial charge on any atom is -0.345 e. The van der Waals surface area contributed by atoms with E-state index in [0.29, 0.717) is 12.6 Å². The Morgan fingerprint density at radius 3 is 2.57 bits per heavy atom. The van der Waals surface area contributed by atoms with Gasteiger partial charge in [-0.15, -0.1) is 0 Å². The molecule has 1 fully saturated rings. The Hall–Kier alpha value is -0.940. The number of rotatable bonds is 8. The Kier molecular flexibility index (Phi) is 7.89. The van der Waals surface area contributed by atoms with Crippen LogP contribution in [0.4, 0.5) is 0 Å². The summed E-state index contributed by atoms with van der Waals surface area (Å²) in [5, 5.41) is 6.07. The second-order valence-corrected chi connectivity index (χ2v) is 6.41. The maximum absolute atomic E-state index is 12.2. The average Bonchev–Trinajstić information content (AvgIpc) is 2.43. The number of Topliss-reactive ketones (excluding diaryl/α,β-unsaturated/α-hetero) is 1. The van der Waals surface area contributed by atoms with Crippen molar-refractivity contribution in [1.29, 1.82) is 0 Å². The zero-order valence-corrected chi connectivity index (χ0v) is 13.9. The molecule has 0 bridgehead atoms. The van der Waals surface area contributed by atoms with Crippen LogP contribution in [-0.4, -0.2) is 55.4 Å². The first kappa shape index (κ1) is 18.1. The van der Waals surface area contributed by atoms with Crippen LogP contribution in [0.3, 0.4) is 0 Å². The third kappa shape index (κ3) is 6.14. The molecule has 122 valence electrons. The third-order valence-electron chi connectivity index (χ3n) is 4.24. The molecule has 0 aliphatic carbocycles. The van der Waals surface area contributed by atoms with Gasteiger partial charge in [-0.1, -0.05) is 20.3 Å². The molecule has 0 aromatic rings. The van der Waals surface area contributed by atoms with E-state index in [-0.39, 0.29) is 23.7 Å². The first-order valence-corrected chi connectivity index (χ1v) is 8.14.